The fourth-order valence-corrected chi connectivity index (χ4v) is 3.19. The van der Waals surface area contributed by atoms with Gasteiger partial charge < -0.3 is 0 Å². The summed E-state index contributed by atoms with van der Waals surface area (Å²) in [6.45, 7) is 1.79. The summed E-state index contributed by atoms with van der Waals surface area (Å²) in [5.41, 5.74) is 1.70. The fraction of sp³-hybridized carbons (Fsp3) is 0.263. The molecule has 0 fully saturated rings. The molecule has 0 N–H and O–H groups in total. The molecule has 1 unspecified atom stereocenters. The zero-order valence-electron chi connectivity index (χ0n) is 14.0. The molecule has 7 heteroatoms. The molecule has 3 nitrogen and oxygen atoms in total. The predicted octanol–water partition coefficient (Wildman–Crippen LogP) is 4.27. The lowest BCUT2D eigenvalue weighted by Crippen LogP contribution is -2.19. The minimum Gasteiger partial charge on any atom is -0.250 e. The van der Waals surface area contributed by atoms with Crippen LogP contribution in [0.15, 0.2) is 59.5 Å². The highest BCUT2D eigenvalue weighted by molar-refractivity contribution is 7.86. The number of hydrogen-bond donors (Lipinski definition) is 0. The Morgan fingerprint density at radius 2 is 1.65 bits per heavy atom. The Morgan fingerprint density at radius 3 is 2.23 bits per heavy atom. The molecule has 2 aromatic rings. The van der Waals surface area contributed by atoms with Crippen LogP contribution in [0.2, 0.25) is 0 Å². The maximum Gasteiger partial charge on any atom is 0.457 e. The van der Waals surface area contributed by atoms with Gasteiger partial charge in [-0.15, -0.1) is 0 Å². The van der Waals surface area contributed by atoms with Crippen molar-refractivity contribution in [2.45, 2.75) is 36.9 Å². The zero-order valence-corrected chi connectivity index (χ0v) is 14.8. The second-order valence-corrected chi connectivity index (χ2v) is 7.22. The standard InChI is InChI=1S/C19H17F3O3S/c1-15-7-11-18(12-8-15)26(23,24)25-17(13-14-19(20,21)22)10-9-16-5-3-2-4-6-16/h2-8,11-12,17H,9-10H2,1H3. The largest absolute Gasteiger partial charge is 0.457 e. The summed E-state index contributed by atoms with van der Waals surface area (Å²) in [5, 5.41) is 0. The van der Waals surface area contributed by atoms with Crippen molar-refractivity contribution >= 4 is 10.1 Å². The molecular weight excluding hydrogens is 365 g/mol. The van der Waals surface area contributed by atoms with Gasteiger partial charge in [0.05, 0.1) is 4.90 Å². The summed E-state index contributed by atoms with van der Waals surface area (Å²) in [4.78, 5) is -0.124. The lowest BCUT2D eigenvalue weighted by atomic mass is 10.1. The van der Waals surface area contributed by atoms with Gasteiger partial charge in [-0.05, 0) is 37.5 Å². The van der Waals surface area contributed by atoms with Gasteiger partial charge in [0.25, 0.3) is 10.1 Å². The van der Waals surface area contributed by atoms with Gasteiger partial charge in [-0.2, -0.15) is 21.6 Å². The molecule has 2 aromatic carbocycles. The normalized spacial score (nSPS) is 12.9. The van der Waals surface area contributed by atoms with E-state index in [4.69, 9.17) is 4.18 Å². The monoisotopic (exact) mass is 382 g/mol. The van der Waals surface area contributed by atoms with Gasteiger partial charge in [0.2, 0.25) is 0 Å². The van der Waals surface area contributed by atoms with E-state index in [0.717, 1.165) is 17.0 Å². The Morgan fingerprint density at radius 1 is 1.04 bits per heavy atom. The highest BCUT2D eigenvalue weighted by Gasteiger charge is 2.25. The van der Waals surface area contributed by atoms with Gasteiger partial charge in [-0.3, -0.25) is 0 Å². The number of aryl methyl sites for hydroxylation is 2. The van der Waals surface area contributed by atoms with Crippen LogP contribution in [0, 0.1) is 18.8 Å². The number of benzene rings is 2. The van der Waals surface area contributed by atoms with Gasteiger partial charge >= 0.3 is 6.18 Å². The molecule has 1 atom stereocenters. The minimum absolute atomic E-state index is 0.0121. The molecular formula is C19H17F3O3S. The Kier molecular flexibility index (Phi) is 6.46. The number of alkyl halides is 3. The molecule has 0 aliphatic rings. The van der Waals surface area contributed by atoms with Gasteiger partial charge in [-0.1, -0.05) is 53.9 Å². The molecule has 2 rings (SSSR count). The molecule has 0 bridgehead atoms. The van der Waals surface area contributed by atoms with Crippen LogP contribution >= 0.6 is 0 Å². The summed E-state index contributed by atoms with van der Waals surface area (Å²) in [5.74, 6) is 2.99. The summed E-state index contributed by atoms with van der Waals surface area (Å²) in [6, 6.07) is 14.8. The summed E-state index contributed by atoms with van der Waals surface area (Å²) < 4.78 is 66.8. The molecule has 0 aliphatic heterocycles. The molecule has 0 spiro atoms. The molecule has 0 saturated heterocycles. The third-order valence-corrected chi connectivity index (χ3v) is 4.80. The molecule has 0 radical (unpaired) electrons. The van der Waals surface area contributed by atoms with Crippen LogP contribution in [0.25, 0.3) is 0 Å². The van der Waals surface area contributed by atoms with Crippen molar-refractivity contribution in [1.82, 2.24) is 0 Å². The second kappa shape index (κ2) is 8.39. The topological polar surface area (TPSA) is 43.4 Å². The Hall–Kier alpha value is -2.30. The van der Waals surface area contributed by atoms with Crippen molar-refractivity contribution in [2.75, 3.05) is 0 Å². The van der Waals surface area contributed by atoms with Gasteiger partial charge in [-0.25, -0.2) is 4.18 Å². The van der Waals surface area contributed by atoms with Crippen molar-refractivity contribution < 1.29 is 25.8 Å². The van der Waals surface area contributed by atoms with Crippen molar-refractivity contribution in [3.63, 3.8) is 0 Å². The van der Waals surface area contributed by atoms with E-state index in [-0.39, 0.29) is 11.3 Å². The van der Waals surface area contributed by atoms with Crippen molar-refractivity contribution in [2.24, 2.45) is 0 Å². The van der Waals surface area contributed by atoms with Crippen molar-refractivity contribution in [3.05, 3.63) is 65.7 Å². The highest BCUT2D eigenvalue weighted by Crippen LogP contribution is 2.19. The molecule has 0 aromatic heterocycles. The average Bonchev–Trinajstić information content (AvgIpc) is 2.58. The third-order valence-electron chi connectivity index (χ3n) is 3.47. The molecule has 0 aliphatic carbocycles. The first-order valence-corrected chi connectivity index (χ1v) is 9.20. The van der Waals surface area contributed by atoms with E-state index in [9.17, 15) is 21.6 Å². The van der Waals surface area contributed by atoms with Crippen LogP contribution in [0.3, 0.4) is 0 Å². The van der Waals surface area contributed by atoms with Crippen LogP contribution in [0.1, 0.15) is 17.5 Å². The van der Waals surface area contributed by atoms with E-state index in [1.807, 2.05) is 12.0 Å². The Balaban J connectivity index is 2.19. The molecule has 0 heterocycles. The first kappa shape index (κ1) is 20.0. The van der Waals surface area contributed by atoms with Crippen LogP contribution in [-0.4, -0.2) is 20.7 Å². The Bertz CT molecular complexity index is 878. The zero-order chi connectivity index (χ0) is 19.2. The fourth-order valence-electron chi connectivity index (χ4n) is 2.16. The molecule has 0 amide bonds. The minimum atomic E-state index is -4.72. The van der Waals surface area contributed by atoms with Gasteiger partial charge in [0.1, 0.15) is 6.10 Å². The van der Waals surface area contributed by atoms with Gasteiger partial charge in [0, 0.05) is 5.92 Å². The van der Waals surface area contributed by atoms with E-state index in [1.165, 1.54) is 12.1 Å². The van der Waals surface area contributed by atoms with E-state index >= 15 is 0 Å². The summed E-state index contributed by atoms with van der Waals surface area (Å²) >= 11 is 0. The maximum absolute atomic E-state index is 12.4. The van der Waals surface area contributed by atoms with Crippen LogP contribution in [0.4, 0.5) is 13.2 Å². The number of rotatable bonds is 6. The third kappa shape index (κ3) is 6.54. The molecule has 26 heavy (non-hydrogen) atoms. The van der Waals surface area contributed by atoms with Crippen LogP contribution < -0.4 is 0 Å². The first-order chi connectivity index (χ1) is 12.2. The lowest BCUT2D eigenvalue weighted by molar-refractivity contribution is -0.0699. The SMILES string of the molecule is Cc1ccc(S(=O)(=O)OC(C#CC(F)(F)F)CCc2ccccc2)cc1. The molecule has 0 saturated carbocycles. The van der Waals surface area contributed by atoms with E-state index in [2.05, 4.69) is 0 Å². The Labute approximate surface area is 150 Å². The van der Waals surface area contributed by atoms with Crippen LogP contribution in [0.5, 0.6) is 0 Å². The predicted molar refractivity (Wildman–Crippen MR) is 91.8 cm³/mol. The van der Waals surface area contributed by atoms with Gasteiger partial charge in [0.15, 0.2) is 0 Å². The first-order valence-electron chi connectivity index (χ1n) is 7.79. The molecule has 138 valence electrons. The number of halogens is 3. The van der Waals surface area contributed by atoms with E-state index < -0.39 is 22.4 Å². The van der Waals surface area contributed by atoms with Crippen molar-refractivity contribution in [1.29, 1.82) is 0 Å². The quantitative estimate of drug-likeness (QED) is 0.554. The lowest BCUT2D eigenvalue weighted by Gasteiger charge is -2.13. The smallest absolute Gasteiger partial charge is 0.250 e. The van der Waals surface area contributed by atoms with E-state index in [0.29, 0.717) is 6.42 Å². The maximum atomic E-state index is 12.4. The van der Waals surface area contributed by atoms with Crippen molar-refractivity contribution in [3.8, 4) is 11.8 Å². The summed E-state index contributed by atoms with van der Waals surface area (Å²) in [7, 11) is -4.22. The average molecular weight is 382 g/mol. The van der Waals surface area contributed by atoms with E-state index in [1.54, 1.807) is 43.3 Å². The highest BCUT2D eigenvalue weighted by atomic mass is 32.2. The summed E-state index contributed by atoms with van der Waals surface area (Å²) in [6.07, 6.45) is -5.77. The second-order valence-electron chi connectivity index (χ2n) is 5.64. The number of hydrogen-bond acceptors (Lipinski definition) is 3. The van der Waals surface area contributed by atoms with Crippen LogP contribution in [-0.2, 0) is 20.7 Å².